The summed E-state index contributed by atoms with van der Waals surface area (Å²) in [5.74, 6) is -0.354. The van der Waals surface area contributed by atoms with Gasteiger partial charge in [0.15, 0.2) is 10.3 Å². The molecule has 0 unspecified atom stereocenters. The lowest BCUT2D eigenvalue weighted by atomic mass is 10.1. The average molecular weight is 319 g/mol. The second-order valence-electron chi connectivity index (χ2n) is 4.16. The van der Waals surface area contributed by atoms with E-state index in [-0.39, 0.29) is 21.9 Å². The van der Waals surface area contributed by atoms with Gasteiger partial charge in [-0.15, -0.1) is 0 Å². The lowest BCUT2D eigenvalue weighted by molar-refractivity contribution is 0.102. The van der Waals surface area contributed by atoms with Gasteiger partial charge in [-0.2, -0.15) is 0 Å². The van der Waals surface area contributed by atoms with Crippen molar-refractivity contribution < 1.29 is 4.79 Å². The molecule has 0 aliphatic heterocycles. The van der Waals surface area contributed by atoms with E-state index < -0.39 is 0 Å². The van der Waals surface area contributed by atoms with Crippen molar-refractivity contribution >= 4 is 45.7 Å². The fourth-order valence-electron chi connectivity index (χ4n) is 1.92. The molecule has 0 radical (unpaired) electrons. The summed E-state index contributed by atoms with van der Waals surface area (Å²) in [4.78, 5) is 24.2. The van der Waals surface area contributed by atoms with Crippen molar-refractivity contribution in [3.63, 3.8) is 0 Å². The third-order valence-electron chi connectivity index (χ3n) is 2.89. The molecule has 104 valence electrons. The van der Waals surface area contributed by atoms with Crippen molar-refractivity contribution in [1.29, 1.82) is 0 Å². The summed E-state index contributed by atoms with van der Waals surface area (Å²) < 4.78 is 0. The summed E-state index contributed by atoms with van der Waals surface area (Å²) in [6.45, 7) is 0. The molecule has 1 amide bonds. The molecule has 0 atom stereocenters. The van der Waals surface area contributed by atoms with Crippen LogP contribution in [0.5, 0.6) is 0 Å². The van der Waals surface area contributed by atoms with Crippen LogP contribution in [-0.2, 0) is 0 Å². The second-order valence-corrected chi connectivity index (χ2v) is 4.88. The number of para-hydroxylation sites is 1. The van der Waals surface area contributed by atoms with Crippen molar-refractivity contribution in [1.82, 2.24) is 15.0 Å². The number of carbonyl (C=O) groups excluding carboxylic acids is 1. The maximum atomic E-state index is 12.4. The van der Waals surface area contributed by atoms with Crippen molar-refractivity contribution in [3.05, 3.63) is 58.7 Å². The Balaban J connectivity index is 2.02. The molecule has 0 fully saturated rings. The van der Waals surface area contributed by atoms with Gasteiger partial charge >= 0.3 is 0 Å². The van der Waals surface area contributed by atoms with E-state index in [4.69, 9.17) is 23.2 Å². The molecular weight excluding hydrogens is 311 g/mol. The number of fused-ring (bicyclic) bond motifs is 1. The molecular formula is C14H8Cl2N4O. The number of nitrogens with zero attached hydrogens (tertiary/aromatic N) is 3. The third-order valence-corrected chi connectivity index (χ3v) is 3.46. The van der Waals surface area contributed by atoms with Crippen LogP contribution in [-0.4, -0.2) is 20.9 Å². The summed E-state index contributed by atoms with van der Waals surface area (Å²) in [5, 5.41) is 3.54. The van der Waals surface area contributed by atoms with Gasteiger partial charge in [0.2, 0.25) is 0 Å². The number of amides is 1. The number of pyridine rings is 1. The van der Waals surface area contributed by atoms with Crippen LogP contribution in [0.4, 0.5) is 5.69 Å². The smallest absolute Gasteiger partial charge is 0.256 e. The molecule has 1 N–H and O–H groups in total. The summed E-state index contributed by atoms with van der Waals surface area (Å²) in [7, 11) is 0. The average Bonchev–Trinajstić information content (AvgIpc) is 2.50. The SMILES string of the molecule is O=C(Nc1c(Cl)ncnc1Cl)c1ccnc2ccccc12. The molecule has 5 nitrogen and oxygen atoms in total. The first-order valence-corrected chi connectivity index (χ1v) is 6.73. The van der Waals surface area contributed by atoms with E-state index in [1.165, 1.54) is 6.33 Å². The van der Waals surface area contributed by atoms with E-state index in [1.807, 2.05) is 24.3 Å². The van der Waals surface area contributed by atoms with E-state index in [9.17, 15) is 4.79 Å². The molecule has 21 heavy (non-hydrogen) atoms. The number of aromatic nitrogens is 3. The first kappa shape index (κ1) is 13.7. The highest BCUT2D eigenvalue weighted by atomic mass is 35.5. The van der Waals surface area contributed by atoms with Gasteiger partial charge in [-0.25, -0.2) is 9.97 Å². The largest absolute Gasteiger partial charge is 0.317 e. The summed E-state index contributed by atoms with van der Waals surface area (Å²) in [5.41, 5.74) is 1.38. The number of anilines is 1. The zero-order valence-electron chi connectivity index (χ0n) is 10.5. The van der Waals surface area contributed by atoms with Crippen LogP contribution in [0.2, 0.25) is 10.3 Å². The minimum Gasteiger partial charge on any atom is -0.317 e. The Morgan fingerprint density at radius 2 is 1.71 bits per heavy atom. The van der Waals surface area contributed by atoms with Crippen molar-refractivity contribution in [2.45, 2.75) is 0 Å². The van der Waals surface area contributed by atoms with Crippen LogP contribution in [0.25, 0.3) is 10.9 Å². The van der Waals surface area contributed by atoms with Gasteiger partial charge in [0.25, 0.3) is 5.91 Å². The highest BCUT2D eigenvalue weighted by Crippen LogP contribution is 2.27. The Bertz CT molecular complexity index is 813. The Morgan fingerprint density at radius 3 is 2.48 bits per heavy atom. The van der Waals surface area contributed by atoms with E-state index in [2.05, 4.69) is 20.3 Å². The molecule has 0 saturated heterocycles. The van der Waals surface area contributed by atoms with Gasteiger partial charge in [0.05, 0.1) is 11.1 Å². The number of halogens is 2. The van der Waals surface area contributed by atoms with Gasteiger partial charge in [-0.05, 0) is 12.1 Å². The predicted molar refractivity (Wildman–Crippen MR) is 81.7 cm³/mol. The van der Waals surface area contributed by atoms with Crippen molar-refractivity contribution in [2.75, 3.05) is 5.32 Å². The first-order chi connectivity index (χ1) is 10.2. The molecule has 0 aliphatic rings. The minimum absolute atomic E-state index is 0.0849. The first-order valence-electron chi connectivity index (χ1n) is 5.98. The lowest BCUT2D eigenvalue weighted by Gasteiger charge is -2.09. The van der Waals surface area contributed by atoms with E-state index in [0.717, 1.165) is 10.9 Å². The lowest BCUT2D eigenvalue weighted by Crippen LogP contribution is -2.14. The molecule has 0 saturated carbocycles. The minimum atomic E-state index is -0.354. The Labute approximate surface area is 130 Å². The highest BCUT2D eigenvalue weighted by molar-refractivity contribution is 6.38. The standard InChI is InChI=1S/C14H8Cl2N4O/c15-12-11(13(16)19-7-18-12)20-14(21)9-5-6-17-10-4-2-1-3-8(9)10/h1-7H,(H,20,21). The molecule has 3 aromatic rings. The van der Waals surface area contributed by atoms with Crippen LogP contribution >= 0.6 is 23.2 Å². The molecule has 2 aromatic heterocycles. The zero-order chi connectivity index (χ0) is 14.8. The van der Waals surface area contributed by atoms with E-state index in [1.54, 1.807) is 12.3 Å². The van der Waals surface area contributed by atoms with E-state index >= 15 is 0 Å². The van der Waals surface area contributed by atoms with Crippen LogP contribution in [0.3, 0.4) is 0 Å². The van der Waals surface area contributed by atoms with Gasteiger partial charge in [-0.3, -0.25) is 9.78 Å². The fourth-order valence-corrected chi connectivity index (χ4v) is 2.33. The molecule has 7 heteroatoms. The monoisotopic (exact) mass is 318 g/mol. The van der Waals surface area contributed by atoms with Gasteiger partial charge in [0, 0.05) is 11.6 Å². The second kappa shape index (κ2) is 5.63. The quantitative estimate of drug-likeness (QED) is 0.733. The van der Waals surface area contributed by atoms with Gasteiger partial charge in [0.1, 0.15) is 12.0 Å². The van der Waals surface area contributed by atoms with Crippen molar-refractivity contribution in [3.8, 4) is 0 Å². The Kier molecular flexibility index (Phi) is 3.68. The molecule has 2 heterocycles. The predicted octanol–water partition coefficient (Wildman–Crippen LogP) is 3.58. The van der Waals surface area contributed by atoms with Gasteiger partial charge < -0.3 is 5.32 Å². The number of nitrogens with one attached hydrogen (secondary N) is 1. The third kappa shape index (κ3) is 2.66. The Hall–Kier alpha value is -2.24. The van der Waals surface area contributed by atoms with Gasteiger partial charge in [-0.1, -0.05) is 41.4 Å². The maximum Gasteiger partial charge on any atom is 0.256 e. The van der Waals surface area contributed by atoms with Crippen molar-refractivity contribution in [2.24, 2.45) is 0 Å². The molecule has 3 rings (SSSR count). The summed E-state index contributed by atoms with van der Waals surface area (Å²) in [6.07, 6.45) is 2.80. The molecule has 0 aliphatic carbocycles. The number of hydrogen-bond acceptors (Lipinski definition) is 4. The van der Waals surface area contributed by atoms with Crippen LogP contribution in [0, 0.1) is 0 Å². The van der Waals surface area contributed by atoms with Crippen LogP contribution in [0.15, 0.2) is 42.9 Å². The normalized spacial score (nSPS) is 10.6. The number of rotatable bonds is 2. The summed E-state index contributed by atoms with van der Waals surface area (Å²) >= 11 is 11.8. The number of hydrogen-bond donors (Lipinski definition) is 1. The van der Waals surface area contributed by atoms with E-state index in [0.29, 0.717) is 5.56 Å². The van der Waals surface area contributed by atoms with Crippen LogP contribution < -0.4 is 5.32 Å². The highest BCUT2D eigenvalue weighted by Gasteiger charge is 2.15. The molecule has 0 bridgehead atoms. The number of carbonyl (C=O) groups is 1. The maximum absolute atomic E-state index is 12.4. The summed E-state index contributed by atoms with van der Waals surface area (Å²) in [6, 6.07) is 8.98. The molecule has 1 aromatic carbocycles. The van der Waals surface area contributed by atoms with Crippen LogP contribution in [0.1, 0.15) is 10.4 Å². The topological polar surface area (TPSA) is 67.8 Å². The Morgan fingerprint density at radius 1 is 1.00 bits per heavy atom. The zero-order valence-corrected chi connectivity index (χ0v) is 12.1. The fraction of sp³-hybridized carbons (Fsp3) is 0. The number of benzene rings is 1. The molecule has 0 spiro atoms.